The van der Waals surface area contributed by atoms with Crippen molar-refractivity contribution in [3.8, 4) is 0 Å². The molecule has 0 aromatic heterocycles. The molecule has 1 aromatic rings. The maximum Gasteiger partial charge on any atom is 0.0713 e. The van der Waals surface area contributed by atoms with E-state index in [9.17, 15) is 0 Å². The van der Waals surface area contributed by atoms with Crippen molar-refractivity contribution in [3.05, 3.63) is 35.4 Å². The highest BCUT2D eigenvalue weighted by atomic mass is 16.5. The van der Waals surface area contributed by atoms with Gasteiger partial charge in [-0.2, -0.15) is 0 Å². The van der Waals surface area contributed by atoms with Gasteiger partial charge in [-0.3, -0.25) is 0 Å². The molecule has 2 heteroatoms. The van der Waals surface area contributed by atoms with Crippen LogP contribution in [0, 0.1) is 5.92 Å². The molecule has 1 aliphatic rings. The van der Waals surface area contributed by atoms with Gasteiger partial charge >= 0.3 is 0 Å². The number of benzene rings is 1. The highest BCUT2D eigenvalue weighted by Crippen LogP contribution is 2.25. The Morgan fingerprint density at radius 2 is 2.12 bits per heavy atom. The summed E-state index contributed by atoms with van der Waals surface area (Å²) in [5.74, 6) is 0.831. The third kappa shape index (κ3) is 3.55. The van der Waals surface area contributed by atoms with E-state index in [0.717, 1.165) is 12.5 Å². The highest BCUT2D eigenvalue weighted by molar-refractivity contribution is 5.22. The maximum absolute atomic E-state index is 5.16. The van der Waals surface area contributed by atoms with E-state index in [1.807, 2.05) is 0 Å². The predicted octanol–water partition coefficient (Wildman–Crippen LogP) is 3.11. The summed E-state index contributed by atoms with van der Waals surface area (Å²) in [6, 6.07) is 9.36. The van der Waals surface area contributed by atoms with Crippen LogP contribution in [-0.2, 0) is 17.9 Å². The zero-order chi connectivity index (χ0) is 12.1. The summed E-state index contributed by atoms with van der Waals surface area (Å²) in [7, 11) is 1.74. The molecule has 2 nitrogen and oxygen atoms in total. The van der Waals surface area contributed by atoms with Gasteiger partial charge in [0.25, 0.3) is 0 Å². The van der Waals surface area contributed by atoms with E-state index >= 15 is 0 Å². The highest BCUT2D eigenvalue weighted by Gasteiger charge is 2.22. The van der Waals surface area contributed by atoms with Gasteiger partial charge in [0.2, 0.25) is 0 Å². The van der Waals surface area contributed by atoms with Crippen molar-refractivity contribution in [3.63, 3.8) is 0 Å². The van der Waals surface area contributed by atoms with Crippen molar-refractivity contribution in [2.24, 2.45) is 5.92 Å². The molecule has 94 valence electrons. The summed E-state index contributed by atoms with van der Waals surface area (Å²) in [6.07, 6.45) is 4.09. The molecule has 0 amide bonds. The Balaban J connectivity index is 1.87. The average Bonchev–Trinajstić information content (AvgIpc) is 2.73. The van der Waals surface area contributed by atoms with Crippen LogP contribution in [-0.4, -0.2) is 13.2 Å². The van der Waals surface area contributed by atoms with Crippen LogP contribution < -0.4 is 5.32 Å². The number of nitrogens with one attached hydrogen (secondary N) is 1. The quantitative estimate of drug-likeness (QED) is 0.843. The zero-order valence-electron chi connectivity index (χ0n) is 10.9. The molecular formula is C15H23NO. The molecule has 1 saturated carbocycles. The standard InChI is InChI=1S/C15H23NO/c1-12-5-3-8-15(12)16-10-13-6-4-7-14(9-13)11-17-2/h4,6-7,9,12,15-16H,3,5,8,10-11H2,1-2H3. The lowest BCUT2D eigenvalue weighted by molar-refractivity contribution is 0.185. The number of hydrogen-bond donors (Lipinski definition) is 1. The van der Waals surface area contributed by atoms with Crippen molar-refractivity contribution < 1.29 is 4.74 Å². The molecule has 1 N–H and O–H groups in total. The van der Waals surface area contributed by atoms with Crippen molar-refractivity contribution in [1.29, 1.82) is 0 Å². The fraction of sp³-hybridized carbons (Fsp3) is 0.600. The molecule has 0 aliphatic heterocycles. The molecule has 0 saturated heterocycles. The van der Waals surface area contributed by atoms with Crippen LogP contribution in [0.5, 0.6) is 0 Å². The van der Waals surface area contributed by atoms with Crippen LogP contribution in [0.3, 0.4) is 0 Å². The monoisotopic (exact) mass is 233 g/mol. The van der Waals surface area contributed by atoms with E-state index in [1.165, 1.54) is 30.4 Å². The van der Waals surface area contributed by atoms with Gasteiger partial charge in [0, 0.05) is 19.7 Å². The van der Waals surface area contributed by atoms with Crippen LogP contribution in [0.4, 0.5) is 0 Å². The largest absolute Gasteiger partial charge is 0.380 e. The summed E-state index contributed by atoms with van der Waals surface area (Å²) in [5.41, 5.74) is 2.62. The van der Waals surface area contributed by atoms with Gasteiger partial charge in [-0.15, -0.1) is 0 Å². The second-order valence-corrected chi connectivity index (χ2v) is 5.15. The van der Waals surface area contributed by atoms with Crippen LogP contribution in [0.25, 0.3) is 0 Å². The molecule has 2 unspecified atom stereocenters. The van der Waals surface area contributed by atoms with Gasteiger partial charge in [-0.1, -0.05) is 37.6 Å². The maximum atomic E-state index is 5.16. The molecule has 0 radical (unpaired) electrons. The molecule has 2 rings (SSSR count). The van der Waals surface area contributed by atoms with E-state index in [1.54, 1.807) is 7.11 Å². The van der Waals surface area contributed by atoms with Gasteiger partial charge in [-0.25, -0.2) is 0 Å². The molecule has 1 aliphatic carbocycles. The second-order valence-electron chi connectivity index (χ2n) is 5.15. The summed E-state index contributed by atoms with van der Waals surface area (Å²) >= 11 is 0. The van der Waals surface area contributed by atoms with Gasteiger partial charge in [0.05, 0.1) is 6.61 Å². The molecule has 0 spiro atoms. The molecule has 2 atom stereocenters. The van der Waals surface area contributed by atoms with E-state index in [-0.39, 0.29) is 0 Å². The lowest BCUT2D eigenvalue weighted by atomic mass is 10.1. The second kappa shape index (κ2) is 6.18. The Bertz CT molecular complexity index is 351. The molecule has 0 bridgehead atoms. The summed E-state index contributed by atoms with van der Waals surface area (Å²) in [6.45, 7) is 4.03. The smallest absolute Gasteiger partial charge is 0.0713 e. The van der Waals surface area contributed by atoms with E-state index in [4.69, 9.17) is 4.74 Å². The fourth-order valence-electron chi connectivity index (χ4n) is 2.69. The van der Waals surface area contributed by atoms with Crippen LogP contribution >= 0.6 is 0 Å². The first kappa shape index (κ1) is 12.6. The average molecular weight is 233 g/mol. The van der Waals surface area contributed by atoms with Crippen LogP contribution in [0.2, 0.25) is 0 Å². The Morgan fingerprint density at radius 3 is 2.82 bits per heavy atom. The minimum absolute atomic E-state index is 0.702. The van der Waals surface area contributed by atoms with Crippen molar-refractivity contribution in [2.75, 3.05) is 7.11 Å². The van der Waals surface area contributed by atoms with Crippen molar-refractivity contribution in [1.82, 2.24) is 5.32 Å². The lowest BCUT2D eigenvalue weighted by Gasteiger charge is -2.17. The lowest BCUT2D eigenvalue weighted by Crippen LogP contribution is -2.30. The SMILES string of the molecule is COCc1cccc(CNC2CCCC2C)c1. The van der Waals surface area contributed by atoms with Crippen LogP contribution in [0.15, 0.2) is 24.3 Å². The number of hydrogen-bond acceptors (Lipinski definition) is 2. The third-order valence-electron chi connectivity index (χ3n) is 3.73. The Morgan fingerprint density at radius 1 is 1.29 bits per heavy atom. The van der Waals surface area contributed by atoms with Crippen molar-refractivity contribution in [2.45, 2.75) is 45.4 Å². The Labute approximate surface area is 104 Å². The molecule has 17 heavy (non-hydrogen) atoms. The topological polar surface area (TPSA) is 21.3 Å². The summed E-state index contributed by atoms with van der Waals surface area (Å²) in [4.78, 5) is 0. The number of methoxy groups -OCH3 is 1. The fourth-order valence-corrected chi connectivity index (χ4v) is 2.69. The number of rotatable bonds is 5. The van der Waals surface area contributed by atoms with Crippen LogP contribution in [0.1, 0.15) is 37.3 Å². The third-order valence-corrected chi connectivity index (χ3v) is 3.73. The minimum atomic E-state index is 0.702. The molecule has 1 fully saturated rings. The Hall–Kier alpha value is -0.860. The van der Waals surface area contributed by atoms with E-state index in [0.29, 0.717) is 12.6 Å². The van der Waals surface area contributed by atoms with Gasteiger partial charge in [-0.05, 0) is 29.9 Å². The van der Waals surface area contributed by atoms with Crippen molar-refractivity contribution >= 4 is 0 Å². The molecule has 1 aromatic carbocycles. The molecule has 0 heterocycles. The first-order valence-electron chi connectivity index (χ1n) is 6.59. The number of ether oxygens (including phenoxy) is 1. The van der Waals surface area contributed by atoms with Gasteiger partial charge in [0.1, 0.15) is 0 Å². The Kier molecular flexibility index (Phi) is 4.57. The first-order valence-corrected chi connectivity index (χ1v) is 6.59. The van der Waals surface area contributed by atoms with Gasteiger partial charge < -0.3 is 10.1 Å². The van der Waals surface area contributed by atoms with E-state index < -0.39 is 0 Å². The minimum Gasteiger partial charge on any atom is -0.380 e. The van der Waals surface area contributed by atoms with E-state index in [2.05, 4.69) is 36.5 Å². The summed E-state index contributed by atoms with van der Waals surface area (Å²) in [5, 5.41) is 3.68. The first-order chi connectivity index (χ1) is 8.29. The summed E-state index contributed by atoms with van der Waals surface area (Å²) < 4.78 is 5.16. The zero-order valence-corrected chi connectivity index (χ0v) is 10.9. The van der Waals surface area contributed by atoms with Gasteiger partial charge in [0.15, 0.2) is 0 Å². The predicted molar refractivity (Wildman–Crippen MR) is 70.8 cm³/mol. The normalized spacial score (nSPS) is 24.1. The molecular weight excluding hydrogens is 210 g/mol.